The van der Waals surface area contributed by atoms with Crippen LogP contribution in [0.4, 0.5) is 5.82 Å². The van der Waals surface area contributed by atoms with Gasteiger partial charge in [0.1, 0.15) is 11.6 Å². The topological polar surface area (TPSA) is 56.1 Å². The van der Waals surface area contributed by atoms with Crippen molar-refractivity contribution in [2.75, 3.05) is 12.4 Å². The molecule has 0 fully saturated rings. The predicted octanol–water partition coefficient (Wildman–Crippen LogP) is 4.08. The largest absolute Gasteiger partial charge is 0.496 e. The first-order chi connectivity index (χ1) is 12.6. The minimum Gasteiger partial charge on any atom is -0.496 e. The Kier molecular flexibility index (Phi) is 5.58. The molecule has 1 N–H and O–H groups in total. The maximum absolute atomic E-state index is 12.4. The number of ether oxygens (including phenoxy) is 1. The molecule has 1 heterocycles. The molecule has 26 heavy (non-hydrogen) atoms. The van der Waals surface area contributed by atoms with Gasteiger partial charge in [-0.15, -0.1) is 0 Å². The third-order valence-electron chi connectivity index (χ3n) is 4.10. The van der Waals surface area contributed by atoms with Gasteiger partial charge in [-0.05, 0) is 35.7 Å². The molecule has 3 rings (SSSR count). The molecule has 0 atom stereocenters. The van der Waals surface area contributed by atoms with Crippen LogP contribution in [0.25, 0.3) is 0 Å². The number of halogens is 1. The molecule has 0 aliphatic carbocycles. The van der Waals surface area contributed by atoms with E-state index < -0.39 is 0 Å². The van der Waals surface area contributed by atoms with Crippen LogP contribution in [0.3, 0.4) is 0 Å². The summed E-state index contributed by atoms with van der Waals surface area (Å²) in [6.45, 7) is 2.45. The molecule has 2 aromatic carbocycles. The highest BCUT2D eigenvalue weighted by Gasteiger charge is 2.11. The molecule has 0 saturated carbocycles. The Morgan fingerprint density at radius 1 is 1.23 bits per heavy atom. The highest BCUT2D eigenvalue weighted by Crippen LogP contribution is 2.20. The Balaban J connectivity index is 1.69. The van der Waals surface area contributed by atoms with Crippen molar-refractivity contribution in [3.05, 3.63) is 76.4 Å². The first kappa shape index (κ1) is 18.0. The molecule has 6 heteroatoms. The van der Waals surface area contributed by atoms with E-state index in [1.54, 1.807) is 24.1 Å². The van der Waals surface area contributed by atoms with Crippen molar-refractivity contribution in [1.29, 1.82) is 0 Å². The van der Waals surface area contributed by atoms with Gasteiger partial charge >= 0.3 is 0 Å². The molecule has 0 spiro atoms. The van der Waals surface area contributed by atoms with E-state index in [0.717, 1.165) is 22.4 Å². The van der Waals surface area contributed by atoms with Crippen molar-refractivity contribution in [2.24, 2.45) is 0 Å². The molecule has 1 aromatic heterocycles. The second-order valence-corrected chi connectivity index (χ2v) is 6.40. The molecule has 134 valence electrons. The molecular weight excluding hydrogens is 350 g/mol. The zero-order chi connectivity index (χ0) is 18.5. The summed E-state index contributed by atoms with van der Waals surface area (Å²) in [6, 6.07) is 15.1. The van der Waals surface area contributed by atoms with E-state index in [1.165, 1.54) is 0 Å². The number of hydrogen-bond donors (Lipinski definition) is 1. The van der Waals surface area contributed by atoms with Crippen LogP contribution in [-0.4, -0.2) is 22.8 Å². The molecule has 0 bridgehead atoms. The van der Waals surface area contributed by atoms with E-state index in [1.807, 2.05) is 49.4 Å². The predicted molar refractivity (Wildman–Crippen MR) is 103 cm³/mol. The third-order valence-corrected chi connectivity index (χ3v) is 4.47. The van der Waals surface area contributed by atoms with Crippen LogP contribution in [0.5, 0.6) is 5.75 Å². The average molecular weight is 370 g/mol. The van der Waals surface area contributed by atoms with Crippen LogP contribution in [0.15, 0.2) is 54.7 Å². The van der Waals surface area contributed by atoms with E-state index >= 15 is 0 Å². The lowest BCUT2D eigenvalue weighted by molar-refractivity contribution is -0.115. The lowest BCUT2D eigenvalue weighted by Crippen LogP contribution is -2.18. The summed E-state index contributed by atoms with van der Waals surface area (Å²) >= 11 is 6.21. The summed E-state index contributed by atoms with van der Waals surface area (Å²) in [7, 11) is 1.62. The number of methoxy groups -OCH3 is 1. The van der Waals surface area contributed by atoms with Crippen LogP contribution in [0, 0.1) is 6.92 Å². The van der Waals surface area contributed by atoms with E-state index in [2.05, 4.69) is 10.4 Å². The molecule has 0 saturated heterocycles. The first-order valence-electron chi connectivity index (χ1n) is 8.25. The van der Waals surface area contributed by atoms with Gasteiger partial charge in [0.15, 0.2) is 0 Å². The van der Waals surface area contributed by atoms with E-state index in [-0.39, 0.29) is 12.3 Å². The molecule has 5 nitrogen and oxygen atoms in total. The first-order valence-corrected chi connectivity index (χ1v) is 8.63. The lowest BCUT2D eigenvalue weighted by atomic mass is 10.1. The molecule has 0 radical (unpaired) electrons. The quantitative estimate of drug-likeness (QED) is 0.712. The Morgan fingerprint density at radius 2 is 2.04 bits per heavy atom. The van der Waals surface area contributed by atoms with Gasteiger partial charge < -0.3 is 10.1 Å². The van der Waals surface area contributed by atoms with Crippen molar-refractivity contribution in [3.8, 4) is 5.75 Å². The highest BCUT2D eigenvalue weighted by atomic mass is 35.5. The standard InChI is InChI=1S/C20H20ClN3O2/c1-14-7-8-15(11-18(14)26-2)12-20(25)23-19-9-10-22-24(19)13-16-5-3-4-6-17(16)21/h3-11H,12-13H2,1-2H3,(H,23,25). The number of rotatable bonds is 6. The minimum atomic E-state index is -0.114. The van der Waals surface area contributed by atoms with E-state index in [9.17, 15) is 4.79 Å². The Bertz CT molecular complexity index is 921. The van der Waals surface area contributed by atoms with Gasteiger partial charge in [0.25, 0.3) is 0 Å². The zero-order valence-electron chi connectivity index (χ0n) is 14.7. The van der Waals surface area contributed by atoms with Gasteiger partial charge in [0.05, 0.1) is 26.3 Å². The number of aryl methyl sites for hydroxylation is 1. The third kappa shape index (κ3) is 4.24. The summed E-state index contributed by atoms with van der Waals surface area (Å²) in [6.07, 6.45) is 1.91. The number of aromatic nitrogens is 2. The van der Waals surface area contributed by atoms with Crippen molar-refractivity contribution in [1.82, 2.24) is 9.78 Å². The number of hydrogen-bond acceptors (Lipinski definition) is 3. The Morgan fingerprint density at radius 3 is 2.81 bits per heavy atom. The fraction of sp³-hybridized carbons (Fsp3) is 0.200. The number of nitrogens with zero attached hydrogens (tertiary/aromatic N) is 2. The van der Waals surface area contributed by atoms with Crippen LogP contribution in [0.1, 0.15) is 16.7 Å². The summed E-state index contributed by atoms with van der Waals surface area (Å²) in [5.74, 6) is 1.30. The highest BCUT2D eigenvalue weighted by molar-refractivity contribution is 6.31. The summed E-state index contributed by atoms with van der Waals surface area (Å²) in [5, 5.41) is 7.86. The fourth-order valence-electron chi connectivity index (χ4n) is 2.70. The fourth-order valence-corrected chi connectivity index (χ4v) is 2.90. The number of amides is 1. The SMILES string of the molecule is COc1cc(CC(=O)Nc2ccnn2Cc2ccccc2Cl)ccc1C. The number of anilines is 1. The van der Waals surface area contributed by atoms with Crippen LogP contribution >= 0.6 is 11.6 Å². The maximum Gasteiger partial charge on any atom is 0.229 e. The van der Waals surface area contributed by atoms with Gasteiger partial charge in [0.2, 0.25) is 5.91 Å². The Labute approximate surface area is 157 Å². The van der Waals surface area contributed by atoms with Gasteiger partial charge in [-0.25, -0.2) is 4.68 Å². The van der Waals surface area contributed by atoms with Crippen LogP contribution in [-0.2, 0) is 17.8 Å². The van der Waals surface area contributed by atoms with E-state index in [0.29, 0.717) is 17.4 Å². The molecular formula is C20H20ClN3O2. The van der Waals surface area contributed by atoms with Crippen molar-refractivity contribution in [2.45, 2.75) is 19.9 Å². The number of nitrogens with one attached hydrogen (secondary N) is 1. The van der Waals surface area contributed by atoms with Crippen molar-refractivity contribution >= 4 is 23.3 Å². The van der Waals surface area contributed by atoms with Crippen molar-refractivity contribution < 1.29 is 9.53 Å². The lowest BCUT2D eigenvalue weighted by Gasteiger charge is -2.11. The number of carbonyl (C=O) groups is 1. The smallest absolute Gasteiger partial charge is 0.229 e. The van der Waals surface area contributed by atoms with Gasteiger partial charge in [-0.1, -0.05) is 41.9 Å². The molecule has 1 amide bonds. The van der Waals surface area contributed by atoms with E-state index in [4.69, 9.17) is 16.3 Å². The second kappa shape index (κ2) is 8.06. The maximum atomic E-state index is 12.4. The molecule has 0 aliphatic heterocycles. The Hall–Kier alpha value is -2.79. The van der Waals surface area contributed by atoms with Gasteiger partial charge in [0, 0.05) is 11.1 Å². The summed E-state index contributed by atoms with van der Waals surface area (Å²) in [5.41, 5.74) is 2.87. The second-order valence-electron chi connectivity index (χ2n) is 5.99. The average Bonchev–Trinajstić information content (AvgIpc) is 3.05. The van der Waals surface area contributed by atoms with Crippen LogP contribution < -0.4 is 10.1 Å². The monoisotopic (exact) mass is 369 g/mol. The molecule has 3 aromatic rings. The van der Waals surface area contributed by atoms with Gasteiger partial charge in [-0.3, -0.25) is 4.79 Å². The molecule has 0 aliphatic rings. The summed E-state index contributed by atoms with van der Waals surface area (Å²) < 4.78 is 7.03. The van der Waals surface area contributed by atoms with Crippen molar-refractivity contribution in [3.63, 3.8) is 0 Å². The summed E-state index contributed by atoms with van der Waals surface area (Å²) in [4.78, 5) is 12.4. The van der Waals surface area contributed by atoms with Crippen LogP contribution in [0.2, 0.25) is 5.02 Å². The van der Waals surface area contributed by atoms with Gasteiger partial charge in [-0.2, -0.15) is 5.10 Å². The number of benzene rings is 2. The normalized spacial score (nSPS) is 10.6. The minimum absolute atomic E-state index is 0.114. The number of carbonyl (C=O) groups excluding carboxylic acids is 1. The zero-order valence-corrected chi connectivity index (χ0v) is 15.5. The molecule has 0 unspecified atom stereocenters.